The molecule has 0 saturated carbocycles. The molecule has 0 bridgehead atoms. The molecular weight excluding hydrogens is 452 g/mol. The second-order valence-corrected chi connectivity index (χ2v) is 10.1. The van der Waals surface area contributed by atoms with Crippen LogP contribution in [-0.4, -0.2) is 74.5 Å². The number of pyridine rings is 1. The van der Waals surface area contributed by atoms with E-state index < -0.39 is 0 Å². The van der Waals surface area contributed by atoms with E-state index in [0.29, 0.717) is 22.4 Å². The molecule has 0 aromatic carbocycles. The topological polar surface area (TPSA) is 101 Å². The van der Waals surface area contributed by atoms with E-state index in [9.17, 15) is 4.79 Å². The molecule has 1 atom stereocenters. The minimum Gasteiger partial charge on any atom is -0.478 e. The van der Waals surface area contributed by atoms with Crippen molar-refractivity contribution in [1.82, 2.24) is 29.2 Å². The Balaban J connectivity index is 1.23. The Labute approximate surface area is 200 Å². The van der Waals surface area contributed by atoms with Crippen LogP contribution in [0.2, 0.25) is 0 Å². The van der Waals surface area contributed by atoms with Gasteiger partial charge in [-0.3, -0.25) is 14.1 Å². The summed E-state index contributed by atoms with van der Waals surface area (Å²) in [6, 6.07) is 3.97. The van der Waals surface area contributed by atoms with Crippen molar-refractivity contribution in [3.63, 3.8) is 0 Å². The number of anilines is 2. The first-order valence-electron chi connectivity index (χ1n) is 11.4. The number of likely N-dealkylation sites (tertiary alicyclic amines) is 1. The van der Waals surface area contributed by atoms with Gasteiger partial charge in [0.2, 0.25) is 5.65 Å². The van der Waals surface area contributed by atoms with Crippen molar-refractivity contribution in [1.29, 1.82) is 0 Å². The molecule has 4 aromatic rings. The van der Waals surface area contributed by atoms with E-state index in [4.69, 9.17) is 9.72 Å². The lowest BCUT2D eigenvalue weighted by atomic mass is 9.96. The molecule has 4 aromatic heterocycles. The highest BCUT2D eigenvalue weighted by Crippen LogP contribution is 2.38. The number of hydrogen-bond acceptors (Lipinski definition) is 9. The van der Waals surface area contributed by atoms with E-state index >= 15 is 0 Å². The summed E-state index contributed by atoms with van der Waals surface area (Å²) in [4.78, 5) is 36.7. The molecule has 2 aliphatic heterocycles. The minimum atomic E-state index is -0.331. The molecule has 2 aliphatic rings. The van der Waals surface area contributed by atoms with Crippen LogP contribution in [0.15, 0.2) is 24.5 Å². The normalized spacial score (nSPS) is 20.7. The van der Waals surface area contributed by atoms with Crippen LogP contribution in [0.25, 0.3) is 16.0 Å². The molecular formula is C23H26N8O2S. The molecule has 34 heavy (non-hydrogen) atoms. The third-order valence-electron chi connectivity index (χ3n) is 7.00. The number of imidazole rings is 1. The maximum Gasteiger partial charge on any atom is 0.285 e. The van der Waals surface area contributed by atoms with E-state index in [2.05, 4.69) is 37.1 Å². The van der Waals surface area contributed by atoms with Crippen LogP contribution in [0, 0.1) is 6.92 Å². The van der Waals surface area contributed by atoms with Crippen LogP contribution in [0.4, 0.5) is 11.6 Å². The fourth-order valence-corrected chi connectivity index (χ4v) is 6.01. The van der Waals surface area contributed by atoms with Gasteiger partial charge in [0.05, 0.1) is 19.0 Å². The van der Waals surface area contributed by atoms with Crippen LogP contribution < -0.4 is 15.0 Å². The number of nitrogens with one attached hydrogen (secondary N) is 1. The van der Waals surface area contributed by atoms with Crippen molar-refractivity contribution >= 4 is 44.9 Å². The van der Waals surface area contributed by atoms with Crippen molar-refractivity contribution in [2.75, 3.05) is 44.0 Å². The molecule has 1 spiro atoms. The maximum absolute atomic E-state index is 13.0. The van der Waals surface area contributed by atoms with Gasteiger partial charge in [0, 0.05) is 24.8 Å². The Bertz CT molecular complexity index is 1420. The van der Waals surface area contributed by atoms with E-state index in [1.807, 2.05) is 25.3 Å². The Morgan fingerprint density at radius 1 is 1.15 bits per heavy atom. The summed E-state index contributed by atoms with van der Waals surface area (Å²) in [6.45, 7) is 5.05. The Hall–Kier alpha value is -3.31. The Morgan fingerprint density at radius 3 is 2.82 bits per heavy atom. The van der Waals surface area contributed by atoms with Crippen molar-refractivity contribution in [2.24, 2.45) is 0 Å². The molecule has 2 saturated heterocycles. The Morgan fingerprint density at radius 2 is 2.03 bits per heavy atom. The summed E-state index contributed by atoms with van der Waals surface area (Å²) in [6.07, 6.45) is 7.23. The third-order valence-corrected chi connectivity index (χ3v) is 7.96. The van der Waals surface area contributed by atoms with Gasteiger partial charge in [-0.25, -0.2) is 15.0 Å². The largest absolute Gasteiger partial charge is 0.478 e. The fraction of sp³-hybridized carbons (Fsp3) is 0.435. The van der Waals surface area contributed by atoms with Crippen molar-refractivity contribution in [3.8, 4) is 5.88 Å². The van der Waals surface area contributed by atoms with E-state index in [-0.39, 0.29) is 11.4 Å². The number of carbonyl (C=O) groups is 1. The van der Waals surface area contributed by atoms with Crippen LogP contribution >= 0.6 is 11.3 Å². The van der Waals surface area contributed by atoms with Crippen LogP contribution in [0.1, 0.15) is 34.8 Å². The number of aromatic nitrogens is 5. The number of ether oxygens (including phenoxy) is 1. The standard InChI is InChI=1S/C23H26N8O2S/c1-14-11-31-12-16(27-20(33-3)18(31)24-14)26-19(32)22-25-15-5-6-17(28-21(15)34-22)30-10-8-23(13-30)7-4-9-29(23)2/h5-6,11-12H,4,7-10,13H2,1-3H3,(H,26,32). The predicted molar refractivity (Wildman–Crippen MR) is 131 cm³/mol. The van der Waals surface area contributed by atoms with Crippen molar-refractivity contribution in [2.45, 2.75) is 31.7 Å². The maximum atomic E-state index is 13.0. The number of rotatable bonds is 4. The number of amides is 1. The van der Waals surface area contributed by atoms with Gasteiger partial charge >= 0.3 is 0 Å². The number of likely N-dealkylation sites (N-methyl/N-ethyl adjacent to an activating group) is 1. The number of nitrogens with zero attached hydrogens (tertiary/aromatic N) is 7. The summed E-state index contributed by atoms with van der Waals surface area (Å²) in [5.74, 6) is 1.33. The van der Waals surface area contributed by atoms with Gasteiger partial charge in [0.15, 0.2) is 10.8 Å². The van der Waals surface area contributed by atoms with Crippen LogP contribution in [0.5, 0.6) is 5.88 Å². The number of fused-ring (bicyclic) bond motifs is 2. The van der Waals surface area contributed by atoms with Crippen molar-refractivity contribution < 1.29 is 9.53 Å². The summed E-state index contributed by atoms with van der Waals surface area (Å²) in [5, 5.41) is 3.17. The molecule has 11 heteroatoms. The van der Waals surface area contributed by atoms with Crippen LogP contribution in [-0.2, 0) is 0 Å². The average Bonchev–Trinajstić information content (AvgIpc) is 3.59. The quantitative estimate of drug-likeness (QED) is 0.478. The SMILES string of the molecule is COc1nc(NC(=O)c2nc3ccc(N4CCC5(CCCN5C)C4)nc3s2)cn2cc(C)nc12. The second-order valence-electron chi connectivity index (χ2n) is 9.14. The first-order valence-corrected chi connectivity index (χ1v) is 12.2. The zero-order valence-corrected chi connectivity index (χ0v) is 20.2. The molecule has 176 valence electrons. The zero-order chi connectivity index (χ0) is 23.4. The van der Waals surface area contributed by atoms with E-state index in [0.717, 1.165) is 41.4 Å². The molecule has 0 radical (unpaired) electrons. The molecule has 1 N–H and O–H groups in total. The highest BCUT2D eigenvalue weighted by atomic mass is 32.1. The van der Waals surface area contributed by atoms with Gasteiger partial charge in [-0.2, -0.15) is 4.98 Å². The van der Waals surface area contributed by atoms with E-state index in [1.165, 1.54) is 37.8 Å². The molecule has 6 rings (SSSR count). The van der Waals surface area contributed by atoms with Gasteiger partial charge in [0.25, 0.3) is 11.8 Å². The summed E-state index contributed by atoms with van der Waals surface area (Å²) >= 11 is 1.29. The van der Waals surface area contributed by atoms with E-state index in [1.54, 1.807) is 10.6 Å². The molecule has 2 fully saturated rings. The molecule has 6 heterocycles. The van der Waals surface area contributed by atoms with Gasteiger partial charge in [-0.15, -0.1) is 0 Å². The van der Waals surface area contributed by atoms with Gasteiger partial charge in [0.1, 0.15) is 16.2 Å². The number of carbonyl (C=O) groups excluding carboxylic acids is 1. The first kappa shape index (κ1) is 21.2. The average molecular weight is 479 g/mol. The monoisotopic (exact) mass is 478 g/mol. The second kappa shape index (κ2) is 7.88. The van der Waals surface area contributed by atoms with Gasteiger partial charge < -0.3 is 15.0 Å². The van der Waals surface area contributed by atoms with Gasteiger partial charge in [-0.1, -0.05) is 11.3 Å². The van der Waals surface area contributed by atoms with Crippen LogP contribution in [0.3, 0.4) is 0 Å². The predicted octanol–water partition coefficient (Wildman–Crippen LogP) is 2.98. The summed E-state index contributed by atoms with van der Waals surface area (Å²) < 4.78 is 7.13. The summed E-state index contributed by atoms with van der Waals surface area (Å²) in [7, 11) is 3.76. The Kier molecular flexibility index (Phi) is 4.92. The summed E-state index contributed by atoms with van der Waals surface area (Å²) in [5.41, 5.74) is 2.43. The number of hydrogen-bond donors (Lipinski definition) is 1. The number of thiazole rings is 1. The first-order chi connectivity index (χ1) is 16.4. The smallest absolute Gasteiger partial charge is 0.285 e. The molecule has 0 aliphatic carbocycles. The lowest BCUT2D eigenvalue weighted by Gasteiger charge is -2.32. The lowest BCUT2D eigenvalue weighted by Crippen LogP contribution is -2.43. The fourth-order valence-electron chi connectivity index (χ4n) is 5.18. The molecule has 1 unspecified atom stereocenters. The zero-order valence-electron chi connectivity index (χ0n) is 19.4. The number of aryl methyl sites for hydroxylation is 1. The molecule has 1 amide bonds. The number of methoxy groups -OCH3 is 1. The molecule has 10 nitrogen and oxygen atoms in total. The third kappa shape index (κ3) is 3.46. The van der Waals surface area contributed by atoms with Crippen molar-refractivity contribution in [3.05, 3.63) is 35.2 Å². The minimum absolute atomic E-state index is 0.276. The van der Waals surface area contributed by atoms with Gasteiger partial charge in [-0.05, 0) is 51.9 Å². The highest BCUT2D eigenvalue weighted by molar-refractivity contribution is 7.20. The lowest BCUT2D eigenvalue weighted by molar-refractivity contribution is 0.102. The highest BCUT2D eigenvalue weighted by Gasteiger charge is 2.44.